The summed E-state index contributed by atoms with van der Waals surface area (Å²) in [6.07, 6.45) is 0. The van der Waals surface area contributed by atoms with E-state index in [9.17, 15) is 9.59 Å². The van der Waals surface area contributed by atoms with Crippen molar-refractivity contribution in [3.05, 3.63) is 52.4 Å². The first-order valence-corrected chi connectivity index (χ1v) is 9.49. The van der Waals surface area contributed by atoms with Gasteiger partial charge in [-0.15, -0.1) is 11.3 Å². The van der Waals surface area contributed by atoms with Crippen LogP contribution in [0.15, 0.2) is 41.8 Å². The highest BCUT2D eigenvalue weighted by atomic mass is 35.5. The van der Waals surface area contributed by atoms with E-state index in [0.29, 0.717) is 32.9 Å². The molecule has 28 heavy (non-hydrogen) atoms. The number of thiazole rings is 1. The SMILES string of the molecule is CC(=O)Nc1ccc(-c2csc(NC(=O)c3cc(Cl)c4c(c3)OCO4)n2)cc1. The van der Waals surface area contributed by atoms with Crippen LogP contribution in [0.3, 0.4) is 0 Å². The Morgan fingerprint density at radius 1 is 1.14 bits per heavy atom. The van der Waals surface area contributed by atoms with Gasteiger partial charge in [0.15, 0.2) is 16.6 Å². The smallest absolute Gasteiger partial charge is 0.257 e. The highest BCUT2D eigenvalue weighted by molar-refractivity contribution is 7.14. The van der Waals surface area contributed by atoms with Crippen molar-refractivity contribution in [1.29, 1.82) is 0 Å². The van der Waals surface area contributed by atoms with Crippen molar-refractivity contribution in [2.75, 3.05) is 17.4 Å². The van der Waals surface area contributed by atoms with Gasteiger partial charge < -0.3 is 14.8 Å². The zero-order valence-corrected chi connectivity index (χ0v) is 16.2. The van der Waals surface area contributed by atoms with Crippen LogP contribution in [0.1, 0.15) is 17.3 Å². The van der Waals surface area contributed by atoms with E-state index in [4.69, 9.17) is 21.1 Å². The first-order valence-electron chi connectivity index (χ1n) is 8.23. The Labute approximate surface area is 169 Å². The number of nitrogens with one attached hydrogen (secondary N) is 2. The third-order valence-electron chi connectivity index (χ3n) is 3.92. The van der Waals surface area contributed by atoms with Gasteiger partial charge in [0.1, 0.15) is 0 Å². The number of carbonyl (C=O) groups is 2. The fraction of sp³-hybridized carbons (Fsp3) is 0.105. The minimum atomic E-state index is -0.345. The normalized spacial score (nSPS) is 11.9. The second-order valence-electron chi connectivity index (χ2n) is 5.94. The molecule has 2 N–H and O–H groups in total. The molecule has 2 amide bonds. The quantitative estimate of drug-likeness (QED) is 0.659. The molecule has 0 spiro atoms. The lowest BCUT2D eigenvalue weighted by molar-refractivity contribution is -0.114. The first-order chi connectivity index (χ1) is 13.5. The number of amides is 2. The number of carbonyl (C=O) groups excluding carboxylic acids is 2. The molecule has 4 rings (SSSR count). The second kappa shape index (κ2) is 7.49. The van der Waals surface area contributed by atoms with Gasteiger partial charge in [-0.05, 0) is 24.3 Å². The molecular weight excluding hydrogens is 402 g/mol. The Kier molecular flexibility index (Phi) is 4.89. The molecular formula is C19H14ClN3O4S. The Morgan fingerprint density at radius 3 is 2.68 bits per heavy atom. The Hall–Kier alpha value is -3.10. The number of hydrogen-bond donors (Lipinski definition) is 2. The van der Waals surface area contributed by atoms with E-state index in [1.54, 1.807) is 18.2 Å². The molecule has 1 aromatic heterocycles. The summed E-state index contributed by atoms with van der Waals surface area (Å²) in [7, 11) is 0. The topological polar surface area (TPSA) is 89.6 Å². The van der Waals surface area contributed by atoms with Gasteiger partial charge in [0.25, 0.3) is 5.91 Å². The molecule has 7 nitrogen and oxygen atoms in total. The maximum Gasteiger partial charge on any atom is 0.257 e. The Balaban J connectivity index is 1.48. The van der Waals surface area contributed by atoms with Crippen molar-refractivity contribution in [2.24, 2.45) is 0 Å². The summed E-state index contributed by atoms with van der Waals surface area (Å²) in [4.78, 5) is 28.1. The number of anilines is 2. The van der Waals surface area contributed by atoms with E-state index in [1.807, 2.05) is 17.5 Å². The molecule has 0 saturated carbocycles. The molecule has 142 valence electrons. The Bertz CT molecular complexity index is 1070. The summed E-state index contributed by atoms with van der Waals surface area (Å²) in [5, 5.41) is 8.09. The van der Waals surface area contributed by atoms with Gasteiger partial charge in [-0.1, -0.05) is 23.7 Å². The summed E-state index contributed by atoms with van der Waals surface area (Å²) < 4.78 is 10.5. The van der Waals surface area contributed by atoms with Crippen LogP contribution >= 0.6 is 22.9 Å². The van der Waals surface area contributed by atoms with Crippen molar-refractivity contribution in [1.82, 2.24) is 4.98 Å². The standard InChI is InChI=1S/C19H14ClN3O4S/c1-10(24)21-13-4-2-11(3-5-13)15-8-28-19(22-15)23-18(25)12-6-14(20)17-16(7-12)26-9-27-17/h2-8H,9H2,1H3,(H,21,24)(H,22,23,25). The van der Waals surface area contributed by atoms with E-state index >= 15 is 0 Å². The number of ether oxygens (including phenoxy) is 2. The second-order valence-corrected chi connectivity index (χ2v) is 7.21. The van der Waals surface area contributed by atoms with E-state index in [1.165, 1.54) is 24.3 Å². The maximum atomic E-state index is 12.5. The van der Waals surface area contributed by atoms with Gasteiger partial charge >= 0.3 is 0 Å². The first kappa shape index (κ1) is 18.3. The van der Waals surface area contributed by atoms with Crippen LogP contribution in [0.25, 0.3) is 11.3 Å². The highest BCUT2D eigenvalue weighted by Crippen LogP contribution is 2.40. The number of hydrogen-bond acceptors (Lipinski definition) is 6. The summed E-state index contributed by atoms with van der Waals surface area (Å²) in [5.41, 5.74) is 2.65. The lowest BCUT2D eigenvalue weighted by Gasteiger charge is -2.05. The van der Waals surface area contributed by atoms with Crippen LogP contribution in [-0.2, 0) is 4.79 Å². The van der Waals surface area contributed by atoms with Crippen LogP contribution in [0.2, 0.25) is 5.02 Å². The zero-order chi connectivity index (χ0) is 19.7. The summed E-state index contributed by atoms with van der Waals surface area (Å²) in [6, 6.07) is 10.4. The predicted octanol–water partition coefficient (Wildman–Crippen LogP) is 4.40. The van der Waals surface area contributed by atoms with Crippen molar-refractivity contribution >= 4 is 45.6 Å². The molecule has 0 saturated heterocycles. The van der Waals surface area contributed by atoms with Gasteiger partial charge in [0.05, 0.1) is 10.7 Å². The van der Waals surface area contributed by atoms with Gasteiger partial charge in [0, 0.05) is 29.1 Å². The van der Waals surface area contributed by atoms with Crippen molar-refractivity contribution in [3.8, 4) is 22.8 Å². The summed E-state index contributed by atoms with van der Waals surface area (Å²) >= 11 is 7.44. The largest absolute Gasteiger partial charge is 0.454 e. The van der Waals surface area contributed by atoms with Crippen LogP contribution in [0.5, 0.6) is 11.5 Å². The molecule has 0 atom stereocenters. The molecule has 3 aromatic rings. The zero-order valence-electron chi connectivity index (χ0n) is 14.6. The molecule has 0 radical (unpaired) electrons. The number of fused-ring (bicyclic) bond motifs is 1. The van der Waals surface area contributed by atoms with E-state index in [2.05, 4.69) is 15.6 Å². The van der Waals surface area contributed by atoms with Crippen LogP contribution in [0.4, 0.5) is 10.8 Å². The van der Waals surface area contributed by atoms with Gasteiger partial charge in [-0.25, -0.2) is 4.98 Å². The molecule has 0 aliphatic carbocycles. The third-order valence-corrected chi connectivity index (χ3v) is 4.95. The number of nitrogens with zero attached hydrogens (tertiary/aromatic N) is 1. The third kappa shape index (κ3) is 3.78. The molecule has 9 heteroatoms. The minimum absolute atomic E-state index is 0.0801. The molecule has 2 heterocycles. The fourth-order valence-electron chi connectivity index (χ4n) is 2.66. The van der Waals surface area contributed by atoms with Gasteiger partial charge in [-0.2, -0.15) is 0 Å². The summed E-state index contributed by atoms with van der Waals surface area (Å²) in [6.45, 7) is 1.54. The van der Waals surface area contributed by atoms with Crippen LogP contribution < -0.4 is 20.1 Å². The maximum absolute atomic E-state index is 12.5. The molecule has 0 fully saturated rings. The lowest BCUT2D eigenvalue weighted by Crippen LogP contribution is -2.11. The van der Waals surface area contributed by atoms with Gasteiger partial charge in [0.2, 0.25) is 12.7 Å². The summed E-state index contributed by atoms with van der Waals surface area (Å²) in [5.74, 6) is 0.409. The monoisotopic (exact) mass is 415 g/mol. The minimum Gasteiger partial charge on any atom is -0.454 e. The van der Waals surface area contributed by atoms with Crippen LogP contribution in [0, 0.1) is 0 Å². The van der Waals surface area contributed by atoms with E-state index in [-0.39, 0.29) is 18.6 Å². The number of aromatic nitrogens is 1. The molecule has 2 aromatic carbocycles. The lowest BCUT2D eigenvalue weighted by atomic mass is 10.1. The molecule has 0 unspecified atom stereocenters. The average molecular weight is 416 g/mol. The number of rotatable bonds is 4. The predicted molar refractivity (Wildman–Crippen MR) is 107 cm³/mol. The van der Waals surface area contributed by atoms with Crippen molar-refractivity contribution in [3.63, 3.8) is 0 Å². The highest BCUT2D eigenvalue weighted by Gasteiger charge is 2.21. The van der Waals surface area contributed by atoms with E-state index < -0.39 is 0 Å². The van der Waals surface area contributed by atoms with E-state index in [0.717, 1.165) is 11.3 Å². The average Bonchev–Trinajstić information content (AvgIpc) is 3.31. The van der Waals surface area contributed by atoms with Gasteiger partial charge in [-0.3, -0.25) is 14.9 Å². The molecule has 0 bridgehead atoms. The van der Waals surface area contributed by atoms with Crippen molar-refractivity contribution in [2.45, 2.75) is 6.92 Å². The molecule has 1 aliphatic heterocycles. The molecule has 1 aliphatic rings. The Morgan fingerprint density at radius 2 is 1.93 bits per heavy atom. The number of benzene rings is 2. The fourth-order valence-corrected chi connectivity index (χ4v) is 3.64. The van der Waals surface area contributed by atoms with Crippen LogP contribution in [-0.4, -0.2) is 23.6 Å². The van der Waals surface area contributed by atoms with Crippen molar-refractivity contribution < 1.29 is 19.1 Å². The number of halogens is 1.